The summed E-state index contributed by atoms with van der Waals surface area (Å²) in [6.45, 7) is 4.03. The summed E-state index contributed by atoms with van der Waals surface area (Å²) in [5.74, 6) is 1.41. The van der Waals surface area contributed by atoms with Crippen LogP contribution in [-0.2, 0) is 11.2 Å². The number of hydrogen-bond acceptors (Lipinski definition) is 3. The number of nitrogen functional groups attached to an aromatic ring is 1. The Morgan fingerprint density at radius 2 is 2.19 bits per heavy atom. The average molecular weight is 306 g/mol. The molecule has 21 heavy (non-hydrogen) atoms. The summed E-state index contributed by atoms with van der Waals surface area (Å²) in [7, 11) is 0. The first-order chi connectivity index (χ1) is 10.2. The van der Waals surface area contributed by atoms with Crippen LogP contribution in [-0.4, -0.2) is 34.9 Å². The van der Waals surface area contributed by atoms with Crippen LogP contribution in [0.3, 0.4) is 0 Å². The Balaban J connectivity index is 1.88. The highest BCUT2D eigenvalue weighted by atomic mass is 32.2. The number of rotatable bonds is 5. The predicted octanol–water partition coefficient (Wildman–Crippen LogP) is 3.34. The van der Waals surface area contributed by atoms with Gasteiger partial charge in [0.25, 0.3) is 0 Å². The average Bonchev–Trinajstić information content (AvgIpc) is 2.72. The number of amides is 1. The molecule has 0 saturated carbocycles. The number of nitrogens with zero attached hydrogens (tertiary/aromatic N) is 1. The Labute approximate surface area is 132 Å². The first-order valence-corrected chi connectivity index (χ1v) is 8.98. The molecule has 1 aliphatic rings. The Bertz CT molecular complexity index is 464. The molecular weight excluding hydrogens is 280 g/mol. The maximum atomic E-state index is 12.5. The van der Waals surface area contributed by atoms with Crippen molar-refractivity contribution in [3.63, 3.8) is 0 Å². The number of para-hydroxylation sites is 1. The quantitative estimate of drug-likeness (QED) is 0.849. The second-order valence-corrected chi connectivity index (χ2v) is 7.19. The van der Waals surface area contributed by atoms with E-state index in [0.29, 0.717) is 11.7 Å². The minimum atomic E-state index is 0.279. The van der Waals surface area contributed by atoms with Crippen molar-refractivity contribution in [1.29, 1.82) is 0 Å². The summed E-state index contributed by atoms with van der Waals surface area (Å²) < 4.78 is 0. The van der Waals surface area contributed by atoms with Crippen molar-refractivity contribution in [2.24, 2.45) is 0 Å². The molecule has 1 heterocycles. The van der Waals surface area contributed by atoms with E-state index in [1.54, 1.807) is 0 Å². The van der Waals surface area contributed by atoms with E-state index in [9.17, 15) is 4.79 Å². The Morgan fingerprint density at radius 3 is 2.95 bits per heavy atom. The number of likely N-dealkylation sites (tertiary alicyclic amines) is 1. The third-order valence-electron chi connectivity index (χ3n) is 4.05. The van der Waals surface area contributed by atoms with E-state index in [1.807, 2.05) is 36.0 Å². The summed E-state index contributed by atoms with van der Waals surface area (Å²) in [5, 5.41) is 0.614. The van der Waals surface area contributed by atoms with Crippen molar-refractivity contribution >= 4 is 23.4 Å². The van der Waals surface area contributed by atoms with Crippen molar-refractivity contribution in [2.75, 3.05) is 24.6 Å². The third kappa shape index (κ3) is 4.95. The normalized spacial score (nSPS) is 19.3. The van der Waals surface area contributed by atoms with E-state index in [4.69, 9.17) is 5.73 Å². The van der Waals surface area contributed by atoms with E-state index in [0.717, 1.165) is 42.9 Å². The molecule has 2 N–H and O–H groups in total. The molecule has 1 atom stereocenters. The van der Waals surface area contributed by atoms with Crippen molar-refractivity contribution in [2.45, 2.75) is 44.3 Å². The molecule has 0 bridgehead atoms. The monoisotopic (exact) mass is 306 g/mol. The summed E-state index contributed by atoms with van der Waals surface area (Å²) in [6.07, 6.45) is 4.94. The first kappa shape index (κ1) is 16.2. The topological polar surface area (TPSA) is 46.3 Å². The van der Waals surface area contributed by atoms with Gasteiger partial charge in [0.05, 0.1) is 0 Å². The SMILES string of the molecule is CCSC1CCCCN(C(=O)CCc2ccccc2N)C1. The molecule has 2 rings (SSSR count). The fourth-order valence-corrected chi connectivity index (χ4v) is 3.95. The number of thioether (sulfide) groups is 1. The van der Waals surface area contributed by atoms with Gasteiger partial charge in [-0.25, -0.2) is 0 Å². The minimum Gasteiger partial charge on any atom is -0.399 e. The van der Waals surface area contributed by atoms with Gasteiger partial charge in [-0.2, -0.15) is 11.8 Å². The fourth-order valence-electron chi connectivity index (χ4n) is 2.86. The molecule has 0 aromatic heterocycles. The van der Waals surface area contributed by atoms with E-state index < -0.39 is 0 Å². The summed E-state index contributed by atoms with van der Waals surface area (Å²) in [6, 6.07) is 7.83. The number of benzene rings is 1. The Kier molecular flexibility index (Phi) is 6.43. The zero-order chi connectivity index (χ0) is 15.1. The van der Waals surface area contributed by atoms with Crippen molar-refractivity contribution in [3.8, 4) is 0 Å². The number of carbonyl (C=O) groups is 1. The molecule has 1 fully saturated rings. The molecular formula is C17H26N2OS. The second-order valence-electron chi connectivity index (χ2n) is 5.61. The van der Waals surface area contributed by atoms with Crippen molar-refractivity contribution in [3.05, 3.63) is 29.8 Å². The molecule has 1 saturated heterocycles. The Hall–Kier alpha value is -1.16. The van der Waals surface area contributed by atoms with Crippen LogP contribution in [0, 0.1) is 0 Å². The number of hydrogen-bond donors (Lipinski definition) is 1. The lowest BCUT2D eigenvalue weighted by Gasteiger charge is -2.24. The molecule has 4 heteroatoms. The van der Waals surface area contributed by atoms with Crippen LogP contribution < -0.4 is 5.73 Å². The molecule has 1 aromatic rings. The molecule has 1 amide bonds. The summed E-state index contributed by atoms with van der Waals surface area (Å²) in [5.41, 5.74) is 7.82. The van der Waals surface area contributed by atoms with Gasteiger partial charge >= 0.3 is 0 Å². The van der Waals surface area contributed by atoms with Gasteiger partial charge in [0.2, 0.25) is 5.91 Å². The minimum absolute atomic E-state index is 0.279. The molecule has 1 unspecified atom stereocenters. The van der Waals surface area contributed by atoms with Gasteiger partial charge in [-0.05, 0) is 36.6 Å². The van der Waals surface area contributed by atoms with Gasteiger partial charge in [-0.3, -0.25) is 4.79 Å². The lowest BCUT2D eigenvalue weighted by Crippen LogP contribution is -2.35. The molecule has 1 aliphatic heterocycles. The van der Waals surface area contributed by atoms with Gasteiger partial charge in [0, 0.05) is 30.4 Å². The molecule has 0 spiro atoms. The maximum absolute atomic E-state index is 12.5. The molecule has 0 radical (unpaired) electrons. The predicted molar refractivity (Wildman–Crippen MR) is 91.5 cm³/mol. The Morgan fingerprint density at radius 1 is 1.38 bits per heavy atom. The highest BCUT2D eigenvalue weighted by Gasteiger charge is 2.21. The molecule has 0 aliphatic carbocycles. The highest BCUT2D eigenvalue weighted by molar-refractivity contribution is 7.99. The molecule has 3 nitrogen and oxygen atoms in total. The van der Waals surface area contributed by atoms with Crippen LogP contribution in [0.5, 0.6) is 0 Å². The van der Waals surface area contributed by atoms with Gasteiger partial charge < -0.3 is 10.6 Å². The number of nitrogens with two attached hydrogens (primary N) is 1. The smallest absolute Gasteiger partial charge is 0.222 e. The van der Waals surface area contributed by atoms with Crippen LogP contribution in [0.4, 0.5) is 5.69 Å². The first-order valence-electron chi connectivity index (χ1n) is 7.93. The van der Waals surface area contributed by atoms with Crippen LogP contribution in [0.1, 0.15) is 38.2 Å². The third-order valence-corrected chi connectivity index (χ3v) is 5.24. The van der Waals surface area contributed by atoms with E-state index in [-0.39, 0.29) is 5.91 Å². The maximum Gasteiger partial charge on any atom is 0.222 e. The van der Waals surface area contributed by atoms with Crippen LogP contribution in [0.15, 0.2) is 24.3 Å². The zero-order valence-electron chi connectivity index (χ0n) is 12.9. The summed E-state index contributed by atoms with van der Waals surface area (Å²) >= 11 is 1.99. The van der Waals surface area contributed by atoms with E-state index in [1.165, 1.54) is 12.8 Å². The largest absolute Gasteiger partial charge is 0.399 e. The van der Waals surface area contributed by atoms with Crippen LogP contribution in [0.2, 0.25) is 0 Å². The van der Waals surface area contributed by atoms with E-state index in [2.05, 4.69) is 11.8 Å². The van der Waals surface area contributed by atoms with Crippen LogP contribution in [0.25, 0.3) is 0 Å². The van der Waals surface area contributed by atoms with Crippen LogP contribution >= 0.6 is 11.8 Å². The van der Waals surface area contributed by atoms with Gasteiger partial charge in [-0.15, -0.1) is 0 Å². The number of aryl methyl sites for hydroxylation is 1. The number of carbonyl (C=O) groups excluding carboxylic acids is 1. The van der Waals surface area contributed by atoms with Crippen molar-refractivity contribution < 1.29 is 4.79 Å². The molecule has 1 aromatic carbocycles. The summed E-state index contributed by atoms with van der Waals surface area (Å²) in [4.78, 5) is 14.5. The number of anilines is 1. The zero-order valence-corrected chi connectivity index (χ0v) is 13.7. The fraction of sp³-hybridized carbons (Fsp3) is 0.588. The second kappa shape index (κ2) is 8.32. The van der Waals surface area contributed by atoms with Gasteiger partial charge in [0.1, 0.15) is 0 Å². The standard InChI is InChI=1S/C17H26N2OS/c1-2-21-15-8-5-6-12-19(13-15)17(20)11-10-14-7-3-4-9-16(14)18/h3-4,7,9,15H,2,5-6,8,10-13,18H2,1H3. The van der Waals surface area contributed by atoms with Crippen molar-refractivity contribution in [1.82, 2.24) is 4.90 Å². The van der Waals surface area contributed by atoms with E-state index >= 15 is 0 Å². The highest BCUT2D eigenvalue weighted by Crippen LogP contribution is 2.23. The van der Waals surface area contributed by atoms with Gasteiger partial charge in [0.15, 0.2) is 0 Å². The molecule has 116 valence electrons. The van der Waals surface area contributed by atoms with Gasteiger partial charge in [-0.1, -0.05) is 31.5 Å². The lowest BCUT2D eigenvalue weighted by molar-refractivity contribution is -0.131. The lowest BCUT2D eigenvalue weighted by atomic mass is 10.1.